The zero-order chi connectivity index (χ0) is 14.0. The molecule has 1 amide bonds. The number of amides is 1. The fraction of sp³-hybridized carbons (Fsp3) is 0.714. The van der Waals surface area contributed by atoms with Crippen molar-refractivity contribution in [3.63, 3.8) is 0 Å². The number of likely N-dealkylation sites (tertiary alicyclic amines) is 1. The molecule has 1 aliphatic heterocycles. The molecule has 106 valence electrons. The second kappa shape index (κ2) is 5.74. The average Bonchev–Trinajstić information content (AvgIpc) is 2.95. The third kappa shape index (κ3) is 2.97. The van der Waals surface area contributed by atoms with Gasteiger partial charge in [0.1, 0.15) is 0 Å². The Morgan fingerprint density at radius 1 is 1.47 bits per heavy atom. The van der Waals surface area contributed by atoms with Gasteiger partial charge in [0.2, 0.25) is 0 Å². The molecule has 0 N–H and O–H groups in total. The molecule has 0 saturated carbocycles. The van der Waals surface area contributed by atoms with Crippen LogP contribution in [0.15, 0.2) is 12.4 Å². The lowest BCUT2D eigenvalue weighted by atomic mass is 9.98. The van der Waals surface area contributed by atoms with Gasteiger partial charge in [0.05, 0.1) is 11.8 Å². The third-order valence-electron chi connectivity index (χ3n) is 3.97. The topological polar surface area (TPSA) is 41.4 Å². The molecule has 1 aromatic heterocycles. The normalized spacial score (nSPS) is 23.3. The van der Waals surface area contributed by atoms with Crippen LogP contribution in [0.1, 0.15) is 30.1 Å². The lowest BCUT2D eigenvalue weighted by molar-refractivity contribution is 0.0780. The number of carbonyl (C=O) groups is 1. The van der Waals surface area contributed by atoms with Gasteiger partial charge in [-0.25, -0.2) is 0 Å². The fourth-order valence-electron chi connectivity index (χ4n) is 2.97. The number of likely N-dealkylation sites (N-methyl/N-ethyl adjacent to an activating group) is 1. The highest BCUT2D eigenvalue weighted by Crippen LogP contribution is 2.25. The first-order valence-electron chi connectivity index (χ1n) is 6.97. The molecule has 1 aliphatic rings. The standard InChI is InChI=1S/C14H24N4O/c1-5-6-11-9-18(10-13(11)16(2)3)14(19)12-7-15-17(4)8-12/h7-8,11,13H,5-6,9-10H2,1-4H3. The summed E-state index contributed by atoms with van der Waals surface area (Å²) >= 11 is 0. The largest absolute Gasteiger partial charge is 0.337 e. The van der Waals surface area contributed by atoms with Gasteiger partial charge in [-0.3, -0.25) is 9.48 Å². The first-order chi connectivity index (χ1) is 9.02. The molecule has 0 aromatic carbocycles. The Bertz CT molecular complexity index is 440. The molecule has 2 rings (SSSR count). The smallest absolute Gasteiger partial charge is 0.257 e. The number of aromatic nitrogens is 2. The van der Waals surface area contributed by atoms with E-state index in [1.165, 1.54) is 12.8 Å². The van der Waals surface area contributed by atoms with Crippen molar-refractivity contribution in [3.8, 4) is 0 Å². The van der Waals surface area contributed by atoms with Crippen LogP contribution in [0.25, 0.3) is 0 Å². The van der Waals surface area contributed by atoms with Gasteiger partial charge >= 0.3 is 0 Å². The highest BCUT2D eigenvalue weighted by molar-refractivity contribution is 5.94. The minimum absolute atomic E-state index is 0.110. The Hall–Kier alpha value is -1.36. The Morgan fingerprint density at radius 3 is 2.74 bits per heavy atom. The summed E-state index contributed by atoms with van der Waals surface area (Å²) in [5.41, 5.74) is 0.692. The molecule has 0 radical (unpaired) electrons. The van der Waals surface area contributed by atoms with Crippen molar-refractivity contribution in [2.75, 3.05) is 27.2 Å². The van der Waals surface area contributed by atoms with Crippen molar-refractivity contribution in [1.29, 1.82) is 0 Å². The summed E-state index contributed by atoms with van der Waals surface area (Å²) < 4.78 is 1.68. The van der Waals surface area contributed by atoms with E-state index in [2.05, 4.69) is 31.0 Å². The molecule has 1 saturated heterocycles. The summed E-state index contributed by atoms with van der Waals surface area (Å²) in [6, 6.07) is 0.473. The second-order valence-electron chi connectivity index (χ2n) is 5.69. The van der Waals surface area contributed by atoms with Crippen LogP contribution in [-0.4, -0.2) is 58.7 Å². The zero-order valence-corrected chi connectivity index (χ0v) is 12.3. The summed E-state index contributed by atoms with van der Waals surface area (Å²) in [4.78, 5) is 16.7. The summed E-state index contributed by atoms with van der Waals surface area (Å²) in [5.74, 6) is 0.694. The predicted molar refractivity (Wildman–Crippen MR) is 75.0 cm³/mol. The Labute approximate surface area is 115 Å². The molecule has 2 unspecified atom stereocenters. The van der Waals surface area contributed by atoms with Crippen LogP contribution in [0.5, 0.6) is 0 Å². The highest BCUT2D eigenvalue weighted by atomic mass is 16.2. The first kappa shape index (κ1) is 14.1. The van der Waals surface area contributed by atoms with Crippen molar-refractivity contribution in [1.82, 2.24) is 19.6 Å². The molecule has 1 fully saturated rings. The molecular weight excluding hydrogens is 240 g/mol. The molecular formula is C14H24N4O. The van der Waals surface area contributed by atoms with E-state index in [9.17, 15) is 4.79 Å². The van der Waals surface area contributed by atoms with Gasteiger partial charge in [0.25, 0.3) is 5.91 Å². The van der Waals surface area contributed by atoms with Crippen molar-refractivity contribution in [2.45, 2.75) is 25.8 Å². The van der Waals surface area contributed by atoms with Gasteiger partial charge in [-0.1, -0.05) is 13.3 Å². The molecule has 5 nitrogen and oxygen atoms in total. The van der Waals surface area contributed by atoms with E-state index >= 15 is 0 Å². The van der Waals surface area contributed by atoms with Gasteiger partial charge < -0.3 is 9.80 Å². The number of hydrogen-bond donors (Lipinski definition) is 0. The van der Waals surface area contributed by atoms with E-state index in [-0.39, 0.29) is 5.91 Å². The number of nitrogens with zero attached hydrogens (tertiary/aromatic N) is 4. The summed E-state index contributed by atoms with van der Waals surface area (Å²) in [6.07, 6.45) is 5.80. The number of aryl methyl sites for hydroxylation is 1. The molecule has 0 bridgehead atoms. The monoisotopic (exact) mass is 264 g/mol. The van der Waals surface area contributed by atoms with Crippen LogP contribution >= 0.6 is 0 Å². The van der Waals surface area contributed by atoms with Crippen molar-refractivity contribution in [2.24, 2.45) is 13.0 Å². The highest BCUT2D eigenvalue weighted by Gasteiger charge is 2.36. The van der Waals surface area contributed by atoms with Gasteiger partial charge in [-0.2, -0.15) is 5.10 Å². The fourth-order valence-corrected chi connectivity index (χ4v) is 2.97. The Morgan fingerprint density at radius 2 is 2.21 bits per heavy atom. The van der Waals surface area contributed by atoms with Gasteiger partial charge in [-0.15, -0.1) is 0 Å². The third-order valence-corrected chi connectivity index (χ3v) is 3.97. The number of rotatable bonds is 4. The zero-order valence-electron chi connectivity index (χ0n) is 12.3. The molecule has 5 heteroatoms. The van der Waals surface area contributed by atoms with Crippen molar-refractivity contribution < 1.29 is 4.79 Å². The number of carbonyl (C=O) groups excluding carboxylic acids is 1. The van der Waals surface area contributed by atoms with Gasteiger partial charge in [-0.05, 0) is 26.4 Å². The minimum Gasteiger partial charge on any atom is -0.337 e. The van der Waals surface area contributed by atoms with Crippen LogP contribution in [0.3, 0.4) is 0 Å². The molecule has 0 spiro atoms. The summed E-state index contributed by atoms with van der Waals surface area (Å²) in [6.45, 7) is 3.90. The van der Waals surface area contributed by atoms with Crippen LogP contribution in [0, 0.1) is 5.92 Å². The van der Waals surface area contributed by atoms with E-state index in [0.717, 1.165) is 13.1 Å². The minimum atomic E-state index is 0.110. The van der Waals surface area contributed by atoms with E-state index in [1.54, 1.807) is 17.1 Å². The Balaban J connectivity index is 2.08. The van der Waals surface area contributed by atoms with Crippen LogP contribution in [0.2, 0.25) is 0 Å². The van der Waals surface area contributed by atoms with E-state index in [4.69, 9.17) is 0 Å². The van der Waals surface area contributed by atoms with Crippen LogP contribution in [0.4, 0.5) is 0 Å². The maximum Gasteiger partial charge on any atom is 0.257 e. The maximum absolute atomic E-state index is 12.4. The van der Waals surface area contributed by atoms with E-state index < -0.39 is 0 Å². The van der Waals surface area contributed by atoms with Crippen molar-refractivity contribution >= 4 is 5.91 Å². The molecule has 2 heterocycles. The van der Waals surface area contributed by atoms with Crippen molar-refractivity contribution in [3.05, 3.63) is 18.0 Å². The van der Waals surface area contributed by atoms with Crippen LogP contribution < -0.4 is 0 Å². The van der Waals surface area contributed by atoms with Gasteiger partial charge in [0.15, 0.2) is 0 Å². The molecule has 1 aromatic rings. The lowest BCUT2D eigenvalue weighted by Crippen LogP contribution is -2.36. The summed E-state index contributed by atoms with van der Waals surface area (Å²) in [5, 5.41) is 4.08. The summed E-state index contributed by atoms with van der Waals surface area (Å²) in [7, 11) is 6.04. The first-order valence-corrected chi connectivity index (χ1v) is 6.97. The van der Waals surface area contributed by atoms with E-state index in [1.807, 2.05) is 11.9 Å². The van der Waals surface area contributed by atoms with Gasteiger partial charge in [0, 0.05) is 32.4 Å². The quantitative estimate of drug-likeness (QED) is 0.821. The molecule has 0 aliphatic carbocycles. The maximum atomic E-state index is 12.4. The predicted octanol–water partition coefficient (Wildman–Crippen LogP) is 1.22. The molecule has 19 heavy (non-hydrogen) atoms. The SMILES string of the molecule is CCCC1CN(C(=O)c2cnn(C)c2)CC1N(C)C. The Kier molecular flexibility index (Phi) is 4.24. The van der Waals surface area contributed by atoms with E-state index in [0.29, 0.717) is 17.5 Å². The number of hydrogen-bond acceptors (Lipinski definition) is 3. The average molecular weight is 264 g/mol. The lowest BCUT2D eigenvalue weighted by Gasteiger charge is -2.24. The molecule has 2 atom stereocenters. The van der Waals surface area contributed by atoms with Crippen LogP contribution in [-0.2, 0) is 7.05 Å². The second-order valence-corrected chi connectivity index (χ2v) is 5.69.